The Kier molecular flexibility index (Phi) is 5.97. The molecule has 1 atom stereocenters. The van der Waals surface area contributed by atoms with E-state index in [1.807, 2.05) is 4.90 Å². The molecule has 1 aliphatic heterocycles. The zero-order valence-electron chi connectivity index (χ0n) is 10.6. The van der Waals surface area contributed by atoms with Crippen molar-refractivity contribution < 1.29 is 9.59 Å². The number of amides is 2. The molecule has 98 valence electrons. The van der Waals surface area contributed by atoms with E-state index < -0.39 is 0 Å². The van der Waals surface area contributed by atoms with Gasteiger partial charge in [0.15, 0.2) is 0 Å². The fourth-order valence-electron chi connectivity index (χ4n) is 2.24. The second-order valence-electron chi connectivity index (χ2n) is 4.65. The predicted molar refractivity (Wildman–Crippen MR) is 65.8 cm³/mol. The van der Waals surface area contributed by atoms with Crippen LogP contribution in [0.5, 0.6) is 0 Å². The van der Waals surface area contributed by atoms with Gasteiger partial charge in [-0.2, -0.15) is 0 Å². The Morgan fingerprint density at radius 1 is 1.53 bits per heavy atom. The molecular weight excluding hydrogens is 218 g/mol. The molecule has 17 heavy (non-hydrogen) atoms. The Balaban J connectivity index is 2.31. The molecule has 1 heterocycles. The third-order valence-corrected chi connectivity index (χ3v) is 3.50. The average Bonchev–Trinajstić information content (AvgIpc) is 2.52. The number of nitrogens with zero attached hydrogens (tertiary/aromatic N) is 1. The molecule has 0 aromatic carbocycles. The van der Waals surface area contributed by atoms with Crippen molar-refractivity contribution in [2.75, 3.05) is 13.1 Å². The van der Waals surface area contributed by atoms with Gasteiger partial charge in [-0.1, -0.05) is 13.3 Å². The minimum absolute atomic E-state index is 0.168. The Morgan fingerprint density at radius 2 is 2.29 bits per heavy atom. The van der Waals surface area contributed by atoms with E-state index >= 15 is 0 Å². The molecule has 0 bridgehead atoms. The Hall–Kier alpha value is -1.10. The second kappa shape index (κ2) is 7.27. The normalized spacial score (nSPS) is 21.2. The van der Waals surface area contributed by atoms with Crippen LogP contribution in [-0.2, 0) is 9.59 Å². The van der Waals surface area contributed by atoms with Crippen molar-refractivity contribution in [2.24, 2.45) is 11.8 Å². The maximum absolute atomic E-state index is 11.8. The van der Waals surface area contributed by atoms with Gasteiger partial charge in [-0.3, -0.25) is 15.0 Å². The molecule has 0 aromatic rings. The summed E-state index contributed by atoms with van der Waals surface area (Å²) in [4.78, 5) is 24.7. The maximum atomic E-state index is 11.8. The number of hydrogen-bond donors (Lipinski definition) is 2. The fourth-order valence-corrected chi connectivity index (χ4v) is 2.24. The zero-order chi connectivity index (χ0) is 12.7. The first-order valence-corrected chi connectivity index (χ1v) is 6.44. The number of rotatable bonds is 5. The van der Waals surface area contributed by atoms with E-state index in [2.05, 4.69) is 12.3 Å². The first-order chi connectivity index (χ1) is 8.17. The minimum atomic E-state index is -0.168. The van der Waals surface area contributed by atoms with Crippen LogP contribution < -0.4 is 11.3 Å². The van der Waals surface area contributed by atoms with Gasteiger partial charge in [0.05, 0.1) is 0 Å². The highest BCUT2D eigenvalue weighted by Crippen LogP contribution is 2.21. The third-order valence-electron chi connectivity index (χ3n) is 3.50. The van der Waals surface area contributed by atoms with Gasteiger partial charge < -0.3 is 4.90 Å². The molecular formula is C12H23N3O2. The molecule has 0 aliphatic carbocycles. The van der Waals surface area contributed by atoms with Crippen molar-refractivity contribution in [3.63, 3.8) is 0 Å². The van der Waals surface area contributed by atoms with E-state index in [0.29, 0.717) is 31.7 Å². The topological polar surface area (TPSA) is 75.4 Å². The van der Waals surface area contributed by atoms with Crippen LogP contribution in [0, 0.1) is 5.92 Å². The summed E-state index contributed by atoms with van der Waals surface area (Å²) in [6.07, 6.45) is 4.97. The summed E-state index contributed by atoms with van der Waals surface area (Å²) in [5.74, 6) is 5.74. The molecule has 0 radical (unpaired) electrons. The quantitative estimate of drug-likeness (QED) is 0.424. The molecule has 2 amide bonds. The highest BCUT2D eigenvalue weighted by Gasteiger charge is 2.21. The number of nitrogens with one attached hydrogen (secondary N) is 1. The van der Waals surface area contributed by atoms with Crippen LogP contribution in [0.4, 0.5) is 0 Å². The lowest BCUT2D eigenvalue weighted by Gasteiger charge is -2.20. The van der Waals surface area contributed by atoms with E-state index in [9.17, 15) is 9.59 Å². The van der Waals surface area contributed by atoms with Crippen LogP contribution in [0.1, 0.15) is 45.4 Å². The monoisotopic (exact) mass is 241 g/mol. The lowest BCUT2D eigenvalue weighted by atomic mass is 9.98. The number of likely N-dealkylation sites (tertiary alicyclic amines) is 1. The Bertz CT molecular complexity index is 268. The van der Waals surface area contributed by atoms with Crippen molar-refractivity contribution in [3.05, 3.63) is 0 Å². The van der Waals surface area contributed by atoms with Gasteiger partial charge in [0.1, 0.15) is 0 Å². The molecule has 1 fully saturated rings. The van der Waals surface area contributed by atoms with Crippen LogP contribution in [0.15, 0.2) is 0 Å². The van der Waals surface area contributed by atoms with Gasteiger partial charge in [0.2, 0.25) is 11.8 Å². The zero-order valence-corrected chi connectivity index (χ0v) is 10.6. The smallest absolute Gasteiger partial charge is 0.233 e. The van der Waals surface area contributed by atoms with Crippen molar-refractivity contribution in [1.82, 2.24) is 10.3 Å². The third kappa shape index (κ3) is 4.73. The van der Waals surface area contributed by atoms with Gasteiger partial charge in [0.25, 0.3) is 0 Å². The van der Waals surface area contributed by atoms with Gasteiger partial charge in [-0.25, -0.2) is 5.84 Å². The molecule has 1 rings (SSSR count). The second-order valence-corrected chi connectivity index (χ2v) is 4.65. The van der Waals surface area contributed by atoms with Crippen LogP contribution >= 0.6 is 0 Å². The number of hydrazine groups is 1. The summed E-state index contributed by atoms with van der Waals surface area (Å²) < 4.78 is 0. The number of nitrogens with two attached hydrogens (primary N) is 1. The van der Waals surface area contributed by atoms with Gasteiger partial charge in [0, 0.05) is 25.9 Å². The Morgan fingerprint density at radius 3 is 2.94 bits per heavy atom. The minimum Gasteiger partial charge on any atom is -0.343 e. The molecule has 0 spiro atoms. The van der Waals surface area contributed by atoms with E-state index in [0.717, 1.165) is 25.8 Å². The van der Waals surface area contributed by atoms with E-state index in [1.54, 1.807) is 0 Å². The molecule has 0 saturated carbocycles. The average molecular weight is 241 g/mol. The van der Waals surface area contributed by atoms with Crippen LogP contribution in [0.2, 0.25) is 0 Å². The molecule has 1 saturated heterocycles. The van der Waals surface area contributed by atoms with Crippen molar-refractivity contribution in [1.29, 1.82) is 0 Å². The maximum Gasteiger partial charge on any atom is 0.233 e. The molecule has 3 N–H and O–H groups in total. The van der Waals surface area contributed by atoms with Crippen LogP contribution in [0.3, 0.4) is 0 Å². The standard InChI is InChI=1S/C12H23N3O2/c1-2-10-5-6-12(17)15(9-7-10)8-3-4-11(16)14-13/h10H,2-9,13H2,1H3,(H,14,16). The molecule has 1 aliphatic rings. The molecule has 0 aromatic heterocycles. The largest absolute Gasteiger partial charge is 0.343 e. The van der Waals surface area contributed by atoms with Crippen LogP contribution in [0.25, 0.3) is 0 Å². The summed E-state index contributed by atoms with van der Waals surface area (Å²) in [7, 11) is 0. The Labute approximate surface area is 103 Å². The first kappa shape index (κ1) is 14.0. The molecule has 5 heteroatoms. The van der Waals surface area contributed by atoms with E-state index in [1.165, 1.54) is 0 Å². The van der Waals surface area contributed by atoms with Gasteiger partial charge in [-0.15, -0.1) is 0 Å². The molecule has 1 unspecified atom stereocenters. The SMILES string of the molecule is CCC1CCC(=O)N(CCCC(=O)NN)CC1. The van der Waals surface area contributed by atoms with Crippen molar-refractivity contribution >= 4 is 11.8 Å². The lowest BCUT2D eigenvalue weighted by molar-refractivity contribution is -0.131. The highest BCUT2D eigenvalue weighted by atomic mass is 16.2. The summed E-state index contributed by atoms with van der Waals surface area (Å²) >= 11 is 0. The first-order valence-electron chi connectivity index (χ1n) is 6.44. The highest BCUT2D eigenvalue weighted by molar-refractivity contribution is 5.77. The van der Waals surface area contributed by atoms with Crippen molar-refractivity contribution in [2.45, 2.75) is 45.4 Å². The van der Waals surface area contributed by atoms with E-state index in [-0.39, 0.29) is 11.8 Å². The van der Waals surface area contributed by atoms with Gasteiger partial charge >= 0.3 is 0 Å². The summed E-state index contributed by atoms with van der Waals surface area (Å²) in [5, 5.41) is 0. The predicted octanol–water partition coefficient (Wildman–Crippen LogP) is 0.795. The van der Waals surface area contributed by atoms with E-state index in [4.69, 9.17) is 5.84 Å². The summed E-state index contributed by atoms with van der Waals surface area (Å²) in [5.41, 5.74) is 2.10. The fraction of sp³-hybridized carbons (Fsp3) is 0.833. The summed E-state index contributed by atoms with van der Waals surface area (Å²) in [6, 6.07) is 0. The molecule has 5 nitrogen and oxygen atoms in total. The number of hydrogen-bond acceptors (Lipinski definition) is 3. The van der Waals surface area contributed by atoms with Crippen molar-refractivity contribution in [3.8, 4) is 0 Å². The summed E-state index contributed by atoms with van der Waals surface area (Å²) in [6.45, 7) is 3.68. The lowest BCUT2D eigenvalue weighted by Crippen LogP contribution is -2.33. The van der Waals surface area contributed by atoms with Gasteiger partial charge in [-0.05, 0) is 25.2 Å². The number of carbonyl (C=O) groups is 2. The number of carbonyl (C=O) groups excluding carboxylic acids is 2. The van der Waals surface area contributed by atoms with Crippen LogP contribution in [-0.4, -0.2) is 29.8 Å².